The highest BCUT2D eigenvalue weighted by Gasteiger charge is 2.13. The highest BCUT2D eigenvalue weighted by atomic mass is 19.1. The number of nitrogen functional groups attached to an aromatic ring is 1. The number of benzene rings is 2. The molecule has 0 unspecified atom stereocenters. The van der Waals surface area contributed by atoms with Gasteiger partial charge in [0, 0.05) is 31.2 Å². The topological polar surface area (TPSA) is 58.4 Å². The third-order valence-electron chi connectivity index (χ3n) is 3.85. The van der Waals surface area contributed by atoms with Gasteiger partial charge < -0.3 is 11.1 Å². The van der Waals surface area contributed by atoms with Crippen LogP contribution >= 0.6 is 0 Å². The van der Waals surface area contributed by atoms with Crippen LogP contribution in [0.5, 0.6) is 0 Å². The molecule has 0 saturated carbocycles. The third-order valence-corrected chi connectivity index (χ3v) is 3.85. The molecule has 0 aliphatic rings. The minimum atomic E-state index is -0.484. The fraction of sp³-hybridized carbons (Fsp3) is 0.316. The van der Waals surface area contributed by atoms with E-state index in [1.165, 1.54) is 23.8 Å². The number of amides is 1. The van der Waals surface area contributed by atoms with Crippen molar-refractivity contribution < 1.29 is 9.18 Å². The van der Waals surface area contributed by atoms with Crippen LogP contribution in [-0.2, 0) is 11.3 Å². The Hall–Kier alpha value is -2.40. The van der Waals surface area contributed by atoms with Crippen LogP contribution in [-0.4, -0.2) is 23.4 Å². The lowest BCUT2D eigenvalue weighted by atomic mass is 10.2. The summed E-state index contributed by atoms with van der Waals surface area (Å²) in [5.41, 5.74) is 7.37. The van der Waals surface area contributed by atoms with Crippen LogP contribution in [0.15, 0.2) is 48.5 Å². The van der Waals surface area contributed by atoms with Gasteiger partial charge in [0.1, 0.15) is 5.82 Å². The van der Waals surface area contributed by atoms with Crippen molar-refractivity contribution >= 4 is 17.3 Å². The largest absolute Gasteiger partial charge is 0.399 e. The van der Waals surface area contributed by atoms with Gasteiger partial charge in [0.15, 0.2) is 0 Å². The van der Waals surface area contributed by atoms with Crippen LogP contribution in [0, 0.1) is 5.82 Å². The molecule has 2 rings (SSSR count). The molecule has 0 heterocycles. The molecule has 2 aromatic rings. The Morgan fingerprint density at radius 1 is 1.21 bits per heavy atom. The normalized spacial score (nSPS) is 11.0. The van der Waals surface area contributed by atoms with Gasteiger partial charge in [0.25, 0.3) is 0 Å². The number of hydrogen-bond acceptors (Lipinski definition) is 3. The fourth-order valence-electron chi connectivity index (χ4n) is 2.43. The molecule has 0 bridgehead atoms. The lowest BCUT2D eigenvalue weighted by Gasteiger charge is -2.26. The number of nitrogens with zero attached hydrogens (tertiary/aromatic N) is 1. The Labute approximate surface area is 142 Å². The van der Waals surface area contributed by atoms with Crippen LogP contribution in [0.2, 0.25) is 0 Å². The summed E-state index contributed by atoms with van der Waals surface area (Å²) in [6, 6.07) is 14.6. The van der Waals surface area contributed by atoms with Crippen molar-refractivity contribution in [1.29, 1.82) is 0 Å². The molecule has 5 heteroatoms. The smallest absolute Gasteiger partial charge is 0.225 e. The average molecular weight is 329 g/mol. The summed E-state index contributed by atoms with van der Waals surface area (Å²) in [4.78, 5) is 14.3. The van der Waals surface area contributed by atoms with Gasteiger partial charge in [-0.3, -0.25) is 9.69 Å². The monoisotopic (exact) mass is 329 g/mol. The number of nitrogens with two attached hydrogens (primary N) is 1. The lowest BCUT2D eigenvalue weighted by Crippen LogP contribution is -2.33. The highest BCUT2D eigenvalue weighted by molar-refractivity contribution is 5.91. The molecule has 0 aromatic heterocycles. The molecule has 2 aromatic carbocycles. The summed E-state index contributed by atoms with van der Waals surface area (Å²) in [5.74, 6) is -0.708. The average Bonchev–Trinajstić information content (AvgIpc) is 2.55. The van der Waals surface area contributed by atoms with Gasteiger partial charge in [-0.15, -0.1) is 0 Å². The van der Waals surface area contributed by atoms with Gasteiger partial charge in [-0.2, -0.15) is 0 Å². The molecule has 0 aliphatic carbocycles. The van der Waals surface area contributed by atoms with Crippen LogP contribution in [0.25, 0.3) is 0 Å². The number of rotatable bonds is 7. The number of nitrogens with one attached hydrogen (secondary N) is 1. The van der Waals surface area contributed by atoms with E-state index in [4.69, 9.17) is 5.73 Å². The minimum Gasteiger partial charge on any atom is -0.399 e. The predicted octanol–water partition coefficient (Wildman–Crippen LogP) is 3.65. The summed E-state index contributed by atoms with van der Waals surface area (Å²) < 4.78 is 13.7. The molecular formula is C19H24FN3O. The zero-order valence-corrected chi connectivity index (χ0v) is 14.1. The van der Waals surface area contributed by atoms with Gasteiger partial charge in [-0.1, -0.05) is 30.3 Å². The van der Waals surface area contributed by atoms with Crippen molar-refractivity contribution in [2.75, 3.05) is 17.6 Å². The molecule has 3 N–H and O–H groups in total. The van der Waals surface area contributed by atoms with E-state index in [0.29, 0.717) is 24.7 Å². The van der Waals surface area contributed by atoms with Crippen molar-refractivity contribution in [1.82, 2.24) is 4.90 Å². The molecule has 0 radical (unpaired) electrons. The van der Waals surface area contributed by atoms with E-state index in [1.54, 1.807) is 0 Å². The molecular weight excluding hydrogens is 305 g/mol. The maximum atomic E-state index is 13.7. The van der Waals surface area contributed by atoms with Crippen LogP contribution in [0.1, 0.15) is 25.8 Å². The first-order valence-electron chi connectivity index (χ1n) is 8.08. The molecule has 0 atom stereocenters. The standard InChI is InChI=1S/C19H24FN3O/c1-14(2)23(13-15-6-4-3-5-7-15)11-10-19(24)22-18-12-16(21)8-9-17(18)20/h3-9,12,14H,10-11,13,21H2,1-2H3,(H,22,24). The minimum absolute atomic E-state index is 0.124. The van der Waals surface area contributed by atoms with Gasteiger partial charge in [-0.05, 0) is 37.6 Å². The van der Waals surface area contributed by atoms with E-state index in [2.05, 4.69) is 36.2 Å². The Balaban J connectivity index is 1.91. The van der Waals surface area contributed by atoms with Crippen molar-refractivity contribution in [2.24, 2.45) is 0 Å². The first-order chi connectivity index (χ1) is 11.5. The third kappa shape index (κ3) is 5.35. The van der Waals surface area contributed by atoms with E-state index in [-0.39, 0.29) is 11.6 Å². The van der Waals surface area contributed by atoms with Gasteiger partial charge in [0.2, 0.25) is 5.91 Å². The molecule has 128 valence electrons. The van der Waals surface area contributed by atoms with Crippen LogP contribution < -0.4 is 11.1 Å². The fourth-order valence-corrected chi connectivity index (χ4v) is 2.43. The lowest BCUT2D eigenvalue weighted by molar-refractivity contribution is -0.116. The van der Waals surface area contributed by atoms with Crippen LogP contribution in [0.3, 0.4) is 0 Å². The molecule has 0 spiro atoms. The van der Waals surface area contributed by atoms with Crippen molar-refractivity contribution in [3.05, 3.63) is 59.9 Å². The number of anilines is 2. The molecule has 0 aliphatic heterocycles. The van der Waals surface area contributed by atoms with Crippen molar-refractivity contribution in [2.45, 2.75) is 32.9 Å². The summed E-state index contributed by atoms with van der Waals surface area (Å²) in [5, 5.41) is 2.59. The maximum Gasteiger partial charge on any atom is 0.225 e. The quantitative estimate of drug-likeness (QED) is 0.762. The van der Waals surface area contributed by atoms with E-state index in [9.17, 15) is 9.18 Å². The molecule has 0 fully saturated rings. The second-order valence-electron chi connectivity index (χ2n) is 6.09. The summed E-state index contributed by atoms with van der Waals surface area (Å²) in [6.45, 7) is 5.57. The Morgan fingerprint density at radius 2 is 1.92 bits per heavy atom. The van der Waals surface area contributed by atoms with Crippen molar-refractivity contribution in [3.8, 4) is 0 Å². The number of carbonyl (C=O) groups is 1. The maximum absolute atomic E-state index is 13.7. The summed E-state index contributed by atoms with van der Waals surface area (Å²) in [6.07, 6.45) is 0.291. The Bertz CT molecular complexity index is 674. The predicted molar refractivity (Wildman–Crippen MR) is 96.0 cm³/mol. The number of halogens is 1. The number of carbonyl (C=O) groups excluding carboxylic acids is 1. The zero-order valence-electron chi connectivity index (χ0n) is 14.1. The Kier molecular flexibility index (Phi) is 6.32. The first-order valence-corrected chi connectivity index (χ1v) is 8.08. The van der Waals surface area contributed by atoms with Crippen LogP contribution in [0.4, 0.5) is 15.8 Å². The first kappa shape index (κ1) is 17.9. The van der Waals surface area contributed by atoms with E-state index >= 15 is 0 Å². The van der Waals surface area contributed by atoms with E-state index in [1.807, 2.05) is 18.2 Å². The highest BCUT2D eigenvalue weighted by Crippen LogP contribution is 2.17. The molecule has 24 heavy (non-hydrogen) atoms. The summed E-state index contributed by atoms with van der Waals surface area (Å²) >= 11 is 0. The number of hydrogen-bond donors (Lipinski definition) is 2. The molecule has 4 nitrogen and oxygen atoms in total. The molecule has 0 saturated heterocycles. The molecule has 1 amide bonds. The SMILES string of the molecule is CC(C)N(CCC(=O)Nc1cc(N)ccc1F)Cc1ccccc1. The second-order valence-corrected chi connectivity index (χ2v) is 6.09. The zero-order chi connectivity index (χ0) is 17.5. The van der Waals surface area contributed by atoms with Gasteiger partial charge >= 0.3 is 0 Å². The van der Waals surface area contributed by atoms with Gasteiger partial charge in [-0.25, -0.2) is 4.39 Å². The van der Waals surface area contributed by atoms with Crippen molar-refractivity contribution in [3.63, 3.8) is 0 Å². The second kappa shape index (κ2) is 8.45. The van der Waals surface area contributed by atoms with Gasteiger partial charge in [0.05, 0.1) is 5.69 Å². The van der Waals surface area contributed by atoms with E-state index < -0.39 is 5.82 Å². The Morgan fingerprint density at radius 3 is 2.58 bits per heavy atom. The summed E-state index contributed by atoms with van der Waals surface area (Å²) in [7, 11) is 0. The van der Waals surface area contributed by atoms with E-state index in [0.717, 1.165) is 6.54 Å².